The van der Waals surface area contributed by atoms with Crippen LogP contribution in [-0.4, -0.2) is 67.4 Å². The number of fused-ring (bicyclic) bond motifs is 1. The van der Waals surface area contributed by atoms with Crippen LogP contribution in [0.3, 0.4) is 0 Å². The fraction of sp³-hybridized carbons (Fsp3) is 0.536. The summed E-state index contributed by atoms with van der Waals surface area (Å²) in [6, 6.07) is 6.09. The fourth-order valence-corrected chi connectivity index (χ4v) is 4.75. The van der Waals surface area contributed by atoms with Gasteiger partial charge in [-0.05, 0) is 50.3 Å². The molecule has 11 nitrogen and oxygen atoms in total. The number of ether oxygens (including phenoxy) is 3. The molecule has 1 aliphatic rings. The monoisotopic (exact) mass is 543 g/mol. The third-order valence-electron chi connectivity index (χ3n) is 6.69. The molecule has 0 bridgehead atoms. The van der Waals surface area contributed by atoms with Crippen molar-refractivity contribution in [2.45, 2.75) is 52.5 Å². The van der Waals surface area contributed by atoms with Gasteiger partial charge in [0, 0.05) is 35.7 Å². The first kappa shape index (κ1) is 29.7. The number of nitrogens with one attached hydrogen (secondary N) is 3. The molecule has 1 saturated heterocycles. The lowest BCUT2D eigenvalue weighted by atomic mass is 9.89. The molecule has 0 spiro atoms. The van der Waals surface area contributed by atoms with E-state index < -0.39 is 42.3 Å². The predicted molar refractivity (Wildman–Crippen MR) is 142 cm³/mol. The van der Waals surface area contributed by atoms with Gasteiger partial charge in [-0.3, -0.25) is 19.2 Å². The van der Waals surface area contributed by atoms with E-state index in [1.54, 1.807) is 26.2 Å². The van der Waals surface area contributed by atoms with E-state index in [2.05, 4.69) is 15.6 Å². The first-order chi connectivity index (χ1) is 18.6. The number of hydrogen-bond acceptors (Lipinski definition) is 8. The summed E-state index contributed by atoms with van der Waals surface area (Å²) in [5, 5.41) is 6.22. The van der Waals surface area contributed by atoms with Gasteiger partial charge in [0.25, 0.3) is 0 Å². The molecule has 0 aliphatic carbocycles. The second kappa shape index (κ2) is 13.8. The van der Waals surface area contributed by atoms with Gasteiger partial charge in [-0.25, -0.2) is 4.79 Å². The van der Waals surface area contributed by atoms with Crippen molar-refractivity contribution < 1.29 is 38.2 Å². The van der Waals surface area contributed by atoms with Crippen molar-refractivity contribution >= 4 is 40.4 Å². The molecule has 39 heavy (non-hydrogen) atoms. The summed E-state index contributed by atoms with van der Waals surface area (Å²) >= 11 is 0. The number of carbonyl (C=O) groups is 5. The van der Waals surface area contributed by atoms with E-state index in [0.717, 1.165) is 10.9 Å². The number of rotatable bonds is 14. The molecule has 2 heterocycles. The summed E-state index contributed by atoms with van der Waals surface area (Å²) in [4.78, 5) is 66.5. The zero-order valence-corrected chi connectivity index (χ0v) is 22.8. The van der Waals surface area contributed by atoms with Gasteiger partial charge in [0.1, 0.15) is 5.75 Å². The van der Waals surface area contributed by atoms with Crippen LogP contribution in [0.4, 0.5) is 4.79 Å². The Morgan fingerprint density at radius 3 is 2.56 bits per heavy atom. The van der Waals surface area contributed by atoms with Gasteiger partial charge in [0.15, 0.2) is 18.2 Å². The molecular formula is C28H37N3O8. The van der Waals surface area contributed by atoms with Crippen LogP contribution in [0.15, 0.2) is 24.3 Å². The maximum atomic E-state index is 13.5. The molecule has 2 amide bonds. The number of methoxy groups -OCH3 is 1. The summed E-state index contributed by atoms with van der Waals surface area (Å²) in [6.07, 6.45) is -0.0798. The number of ketones is 2. The summed E-state index contributed by atoms with van der Waals surface area (Å²) < 4.78 is 14.9. The summed E-state index contributed by atoms with van der Waals surface area (Å²) in [7, 11) is 1.55. The van der Waals surface area contributed by atoms with Crippen molar-refractivity contribution in [3.05, 3.63) is 30.0 Å². The normalized spacial score (nSPS) is 16.4. The van der Waals surface area contributed by atoms with Crippen LogP contribution in [0.2, 0.25) is 0 Å². The third kappa shape index (κ3) is 8.05. The quantitative estimate of drug-likeness (QED) is 0.243. The van der Waals surface area contributed by atoms with Gasteiger partial charge >= 0.3 is 6.16 Å². The van der Waals surface area contributed by atoms with E-state index in [4.69, 9.17) is 14.2 Å². The van der Waals surface area contributed by atoms with Crippen molar-refractivity contribution in [2.24, 2.45) is 17.8 Å². The molecule has 1 aromatic carbocycles. The molecule has 3 atom stereocenters. The Hall–Kier alpha value is -3.89. The van der Waals surface area contributed by atoms with Crippen molar-refractivity contribution in [1.82, 2.24) is 15.6 Å². The van der Waals surface area contributed by atoms with E-state index in [1.165, 1.54) is 0 Å². The highest BCUT2D eigenvalue weighted by atomic mass is 16.7. The Balaban J connectivity index is 1.76. The van der Waals surface area contributed by atoms with Gasteiger partial charge < -0.3 is 29.8 Å². The van der Waals surface area contributed by atoms with Gasteiger partial charge in [0.2, 0.25) is 11.8 Å². The Morgan fingerprint density at radius 1 is 1.15 bits per heavy atom. The molecule has 11 heteroatoms. The average molecular weight is 544 g/mol. The van der Waals surface area contributed by atoms with E-state index in [9.17, 15) is 24.0 Å². The molecule has 1 aromatic heterocycles. The van der Waals surface area contributed by atoms with Gasteiger partial charge in [0.05, 0.1) is 25.5 Å². The summed E-state index contributed by atoms with van der Waals surface area (Å²) in [5.74, 6) is -1.95. The van der Waals surface area contributed by atoms with Gasteiger partial charge in [-0.15, -0.1) is 0 Å². The first-order valence-corrected chi connectivity index (χ1v) is 13.2. The molecule has 212 valence electrons. The van der Waals surface area contributed by atoms with E-state index in [0.29, 0.717) is 30.8 Å². The molecule has 0 unspecified atom stereocenters. The topological polar surface area (TPSA) is 153 Å². The van der Waals surface area contributed by atoms with Crippen LogP contribution in [0.1, 0.15) is 56.9 Å². The van der Waals surface area contributed by atoms with Crippen LogP contribution in [0, 0.1) is 17.8 Å². The molecule has 0 radical (unpaired) electrons. The molecule has 1 fully saturated rings. The van der Waals surface area contributed by atoms with Crippen molar-refractivity contribution in [2.75, 3.05) is 26.9 Å². The SMILES string of the molecule is CCOC(=O)OCC(=O)[C@H](C[C@@H]1CCNC1=O)NC(=O)[C@@H](CC(=O)c1cc2c(OC)cccc2[nH]1)CC(C)C. The predicted octanol–water partition coefficient (Wildman–Crippen LogP) is 3.16. The van der Waals surface area contributed by atoms with E-state index in [1.807, 2.05) is 26.0 Å². The minimum atomic E-state index is -1.07. The molecule has 3 N–H and O–H groups in total. The molecule has 0 saturated carbocycles. The second-order valence-corrected chi connectivity index (χ2v) is 10.1. The van der Waals surface area contributed by atoms with Crippen LogP contribution < -0.4 is 15.4 Å². The fourth-order valence-electron chi connectivity index (χ4n) is 4.75. The lowest BCUT2D eigenvalue weighted by Gasteiger charge is -2.24. The zero-order valence-electron chi connectivity index (χ0n) is 22.8. The Bertz CT molecular complexity index is 1200. The number of benzene rings is 1. The number of H-pyrrole nitrogens is 1. The maximum Gasteiger partial charge on any atom is 0.508 e. The lowest BCUT2D eigenvalue weighted by Crippen LogP contribution is -2.47. The van der Waals surface area contributed by atoms with Crippen LogP contribution in [-0.2, 0) is 23.9 Å². The summed E-state index contributed by atoms with van der Waals surface area (Å²) in [5.41, 5.74) is 1.10. The largest absolute Gasteiger partial charge is 0.508 e. The Kier molecular flexibility index (Phi) is 10.5. The van der Waals surface area contributed by atoms with E-state index in [-0.39, 0.29) is 37.1 Å². The Morgan fingerprint density at radius 2 is 1.92 bits per heavy atom. The average Bonchev–Trinajstić information content (AvgIpc) is 3.52. The van der Waals surface area contributed by atoms with Gasteiger partial charge in [-0.1, -0.05) is 19.9 Å². The highest BCUT2D eigenvalue weighted by molar-refractivity contribution is 6.02. The van der Waals surface area contributed by atoms with Gasteiger partial charge in [-0.2, -0.15) is 0 Å². The minimum Gasteiger partial charge on any atom is -0.496 e. The lowest BCUT2D eigenvalue weighted by molar-refractivity contribution is -0.133. The van der Waals surface area contributed by atoms with Crippen LogP contribution >= 0.6 is 0 Å². The first-order valence-electron chi connectivity index (χ1n) is 13.2. The standard InChI is InChI=1S/C28H37N3O8/c1-5-38-28(36)39-15-24(33)21(12-17-9-10-29-26(17)34)31-27(35)18(11-16(2)3)13-23(32)22-14-19-20(30-22)7-6-8-25(19)37-4/h6-8,14,16-18,21,30H,5,9-13,15H2,1-4H3,(H,29,34)(H,31,35)/t17-,18+,21-/m0/s1. The number of aromatic amines is 1. The highest BCUT2D eigenvalue weighted by Crippen LogP contribution is 2.28. The van der Waals surface area contributed by atoms with Crippen molar-refractivity contribution in [3.8, 4) is 5.75 Å². The second-order valence-electron chi connectivity index (χ2n) is 10.1. The molecule has 3 rings (SSSR count). The molecule has 2 aromatic rings. The summed E-state index contributed by atoms with van der Waals surface area (Å²) in [6.45, 7) is 5.45. The number of amides is 2. The smallest absolute Gasteiger partial charge is 0.496 e. The van der Waals surface area contributed by atoms with Crippen LogP contribution in [0.25, 0.3) is 10.9 Å². The number of hydrogen-bond donors (Lipinski definition) is 3. The number of aromatic nitrogens is 1. The third-order valence-corrected chi connectivity index (χ3v) is 6.69. The van der Waals surface area contributed by atoms with E-state index >= 15 is 0 Å². The highest BCUT2D eigenvalue weighted by Gasteiger charge is 2.34. The zero-order chi connectivity index (χ0) is 28.5. The molecular weight excluding hydrogens is 506 g/mol. The Labute approximate surface area is 227 Å². The number of Topliss-reactive ketones (excluding diaryl/α,β-unsaturated/α-hetero) is 2. The maximum absolute atomic E-state index is 13.5. The van der Waals surface area contributed by atoms with Crippen LogP contribution in [0.5, 0.6) is 5.75 Å². The number of carbonyl (C=O) groups excluding carboxylic acids is 5. The van der Waals surface area contributed by atoms with Crippen molar-refractivity contribution in [3.63, 3.8) is 0 Å². The minimum absolute atomic E-state index is 0.0623. The van der Waals surface area contributed by atoms with Crippen molar-refractivity contribution in [1.29, 1.82) is 0 Å². The molecule has 1 aliphatic heterocycles.